The number of hydrogen-bond donors (Lipinski definition) is 1. The molecule has 2 heterocycles. The first-order valence-corrected chi connectivity index (χ1v) is 9.16. The molecule has 124 valence electrons. The summed E-state index contributed by atoms with van der Waals surface area (Å²) in [5.41, 5.74) is 5.99. The number of aromatic hydroxyl groups is 1. The summed E-state index contributed by atoms with van der Waals surface area (Å²) in [7, 11) is 0. The Morgan fingerprint density at radius 3 is 2.60 bits per heavy atom. The highest BCUT2D eigenvalue weighted by atomic mass is 32.1. The predicted octanol–water partition coefficient (Wildman–Crippen LogP) is 5.93. The summed E-state index contributed by atoms with van der Waals surface area (Å²) in [6, 6.07) is 15.9. The van der Waals surface area contributed by atoms with E-state index in [-0.39, 0.29) is 5.88 Å². The number of nitrogens with zero attached hydrogens (tertiary/aromatic N) is 2. The van der Waals surface area contributed by atoms with Crippen molar-refractivity contribution in [3.63, 3.8) is 0 Å². The van der Waals surface area contributed by atoms with E-state index in [4.69, 9.17) is 12.2 Å². The lowest BCUT2D eigenvalue weighted by Gasteiger charge is -2.08. The molecule has 3 aromatic rings. The van der Waals surface area contributed by atoms with Crippen molar-refractivity contribution in [2.45, 2.75) is 13.8 Å². The standard InChI is InChI=1S/C20H16N2OS2/c1-12-7-3-6-10-17(12)22-19(23)18(25-20(22)24)11-15-13(2)21-16-9-5-4-8-14(15)16/h3-11,23H,1-2H3/b15-11-. The Labute approximate surface area is 155 Å². The van der Waals surface area contributed by atoms with E-state index in [2.05, 4.69) is 11.1 Å². The molecule has 25 heavy (non-hydrogen) atoms. The van der Waals surface area contributed by atoms with Gasteiger partial charge in [0, 0.05) is 16.8 Å². The molecule has 5 heteroatoms. The van der Waals surface area contributed by atoms with Gasteiger partial charge in [-0.3, -0.25) is 9.56 Å². The molecule has 1 N–H and O–H groups in total. The van der Waals surface area contributed by atoms with Crippen molar-refractivity contribution in [3.8, 4) is 11.6 Å². The van der Waals surface area contributed by atoms with Crippen molar-refractivity contribution < 1.29 is 5.11 Å². The van der Waals surface area contributed by atoms with Crippen LogP contribution in [-0.2, 0) is 0 Å². The third-order valence-electron chi connectivity index (χ3n) is 4.32. The van der Waals surface area contributed by atoms with E-state index in [9.17, 15) is 5.11 Å². The molecule has 2 aromatic carbocycles. The number of aromatic nitrogens is 1. The Kier molecular flexibility index (Phi) is 3.90. The van der Waals surface area contributed by atoms with Gasteiger partial charge in [-0.15, -0.1) is 11.3 Å². The molecule has 1 aliphatic heterocycles. The van der Waals surface area contributed by atoms with Gasteiger partial charge in [-0.2, -0.15) is 0 Å². The van der Waals surface area contributed by atoms with Gasteiger partial charge in [-0.1, -0.05) is 36.4 Å². The summed E-state index contributed by atoms with van der Waals surface area (Å²) >= 11 is 6.92. The van der Waals surface area contributed by atoms with Crippen LogP contribution >= 0.6 is 23.6 Å². The Bertz CT molecular complexity index is 1100. The van der Waals surface area contributed by atoms with Crippen LogP contribution < -0.4 is 0 Å². The highest BCUT2D eigenvalue weighted by Gasteiger charge is 2.19. The molecular weight excluding hydrogens is 348 g/mol. The number of para-hydroxylation sites is 2. The van der Waals surface area contributed by atoms with Gasteiger partial charge in [-0.25, -0.2) is 0 Å². The van der Waals surface area contributed by atoms with Gasteiger partial charge in [0.05, 0.1) is 16.3 Å². The van der Waals surface area contributed by atoms with Gasteiger partial charge in [0.2, 0.25) is 5.88 Å². The topological polar surface area (TPSA) is 37.5 Å². The fraction of sp³-hybridized carbons (Fsp3) is 0.100. The van der Waals surface area contributed by atoms with E-state index in [1.54, 1.807) is 4.57 Å². The Morgan fingerprint density at radius 2 is 1.80 bits per heavy atom. The van der Waals surface area contributed by atoms with Crippen molar-refractivity contribution in [2.75, 3.05) is 0 Å². The lowest BCUT2D eigenvalue weighted by atomic mass is 10.0. The average molecular weight is 364 g/mol. The number of thiazole rings is 1. The van der Waals surface area contributed by atoms with Crippen molar-refractivity contribution in [2.24, 2.45) is 4.99 Å². The molecule has 0 atom stereocenters. The highest BCUT2D eigenvalue weighted by Crippen LogP contribution is 2.39. The molecule has 0 saturated heterocycles. The molecule has 0 saturated carbocycles. The molecule has 0 aliphatic carbocycles. The van der Waals surface area contributed by atoms with Crippen molar-refractivity contribution in [3.05, 3.63) is 68.5 Å². The maximum absolute atomic E-state index is 10.8. The van der Waals surface area contributed by atoms with Gasteiger partial charge >= 0.3 is 0 Å². The quantitative estimate of drug-likeness (QED) is 0.572. The minimum absolute atomic E-state index is 0.175. The van der Waals surface area contributed by atoms with Gasteiger partial charge in [0.15, 0.2) is 3.95 Å². The molecule has 1 aliphatic rings. The minimum Gasteiger partial charge on any atom is -0.493 e. The second kappa shape index (κ2) is 6.10. The molecule has 0 amide bonds. The lowest BCUT2D eigenvalue weighted by Crippen LogP contribution is -1.96. The van der Waals surface area contributed by atoms with Crippen LogP contribution in [0.5, 0.6) is 5.88 Å². The molecule has 0 radical (unpaired) electrons. The Balaban J connectivity index is 1.87. The van der Waals surface area contributed by atoms with E-state index in [0.717, 1.165) is 38.7 Å². The predicted molar refractivity (Wildman–Crippen MR) is 108 cm³/mol. The zero-order valence-corrected chi connectivity index (χ0v) is 15.5. The SMILES string of the molecule is CC1=Nc2ccccc2/C1=C\c1sc(=S)n(-c2ccccc2C)c1O. The van der Waals surface area contributed by atoms with E-state index >= 15 is 0 Å². The molecule has 0 unspecified atom stereocenters. The van der Waals surface area contributed by atoms with Crippen LogP contribution in [0.3, 0.4) is 0 Å². The maximum atomic E-state index is 10.8. The van der Waals surface area contributed by atoms with Crippen molar-refractivity contribution >= 4 is 46.6 Å². The van der Waals surface area contributed by atoms with Crippen LogP contribution in [-0.4, -0.2) is 15.4 Å². The van der Waals surface area contributed by atoms with E-state index < -0.39 is 0 Å². The molecule has 0 bridgehead atoms. The monoisotopic (exact) mass is 364 g/mol. The number of aryl methyl sites for hydroxylation is 1. The number of aliphatic imine (C=N–C) groups is 1. The van der Waals surface area contributed by atoms with Crippen molar-refractivity contribution in [1.29, 1.82) is 0 Å². The lowest BCUT2D eigenvalue weighted by molar-refractivity contribution is 0.441. The minimum atomic E-state index is 0.175. The molecule has 3 nitrogen and oxygen atoms in total. The van der Waals surface area contributed by atoms with Gasteiger partial charge in [-0.05, 0) is 49.8 Å². The third kappa shape index (κ3) is 2.65. The first-order valence-electron chi connectivity index (χ1n) is 7.94. The normalized spacial score (nSPS) is 14.6. The molecule has 0 fully saturated rings. The van der Waals surface area contributed by atoms with Crippen LogP contribution in [0.1, 0.15) is 22.9 Å². The van der Waals surface area contributed by atoms with Gasteiger partial charge < -0.3 is 5.11 Å². The summed E-state index contributed by atoms with van der Waals surface area (Å²) in [6.45, 7) is 4.00. The molecule has 4 rings (SSSR count). The smallest absolute Gasteiger partial charge is 0.215 e. The summed E-state index contributed by atoms with van der Waals surface area (Å²) in [4.78, 5) is 5.34. The Morgan fingerprint density at radius 1 is 1.08 bits per heavy atom. The zero-order chi connectivity index (χ0) is 17.6. The largest absolute Gasteiger partial charge is 0.493 e. The van der Waals surface area contributed by atoms with E-state index in [0.29, 0.717) is 3.95 Å². The molecule has 1 aromatic heterocycles. The van der Waals surface area contributed by atoms with Crippen LogP contribution in [0.4, 0.5) is 5.69 Å². The fourth-order valence-corrected chi connectivity index (χ4v) is 4.33. The first kappa shape index (κ1) is 16.0. The summed E-state index contributed by atoms with van der Waals surface area (Å²) in [5.74, 6) is 0.175. The number of benzene rings is 2. The summed E-state index contributed by atoms with van der Waals surface area (Å²) in [5, 5.41) is 10.8. The van der Waals surface area contributed by atoms with Crippen molar-refractivity contribution in [1.82, 2.24) is 4.57 Å². The molecule has 0 spiro atoms. The number of fused-ring (bicyclic) bond motifs is 1. The Hall–Kier alpha value is -2.50. The molecular formula is C20H16N2OS2. The first-order chi connectivity index (χ1) is 12.1. The summed E-state index contributed by atoms with van der Waals surface area (Å²) < 4.78 is 2.36. The highest BCUT2D eigenvalue weighted by molar-refractivity contribution is 7.73. The fourth-order valence-electron chi connectivity index (χ4n) is 3.05. The summed E-state index contributed by atoms with van der Waals surface area (Å²) in [6.07, 6.45) is 1.98. The maximum Gasteiger partial charge on any atom is 0.215 e. The van der Waals surface area contributed by atoms with Crippen LogP contribution in [0, 0.1) is 10.9 Å². The van der Waals surface area contributed by atoms with E-state index in [1.807, 2.05) is 62.4 Å². The second-order valence-electron chi connectivity index (χ2n) is 5.95. The number of hydrogen-bond acceptors (Lipinski definition) is 4. The second-order valence-corrected chi connectivity index (χ2v) is 7.63. The van der Waals surface area contributed by atoms with Gasteiger partial charge in [0.1, 0.15) is 0 Å². The number of rotatable bonds is 2. The van der Waals surface area contributed by atoms with Gasteiger partial charge in [0.25, 0.3) is 0 Å². The average Bonchev–Trinajstić information content (AvgIpc) is 3.06. The van der Waals surface area contributed by atoms with Crippen LogP contribution in [0.2, 0.25) is 0 Å². The van der Waals surface area contributed by atoms with Crippen LogP contribution in [0.15, 0.2) is 53.5 Å². The van der Waals surface area contributed by atoms with E-state index in [1.165, 1.54) is 11.3 Å². The third-order valence-corrected chi connectivity index (χ3v) is 5.63. The zero-order valence-electron chi connectivity index (χ0n) is 13.9. The van der Waals surface area contributed by atoms with Crippen LogP contribution in [0.25, 0.3) is 17.3 Å². The number of allylic oxidation sites excluding steroid dienone is 1.